The zero-order valence-corrected chi connectivity index (χ0v) is 15.7. The second-order valence-electron chi connectivity index (χ2n) is 5.80. The summed E-state index contributed by atoms with van der Waals surface area (Å²) >= 11 is 1.59. The molecule has 26 heavy (non-hydrogen) atoms. The number of aryl methyl sites for hydroxylation is 1. The van der Waals surface area contributed by atoms with Crippen molar-refractivity contribution in [3.63, 3.8) is 0 Å². The lowest BCUT2D eigenvalue weighted by Crippen LogP contribution is -2.24. The second-order valence-corrected chi connectivity index (χ2v) is 6.88. The summed E-state index contributed by atoms with van der Waals surface area (Å²) in [6.07, 6.45) is 3.89. The van der Waals surface area contributed by atoms with Crippen LogP contribution < -0.4 is 10.1 Å². The third kappa shape index (κ3) is 4.67. The molecule has 0 aliphatic rings. The standard InChI is InChI=1S/C20H21N3O2S/c1-3-25-17-8-6-15(7-9-17)11-19(24)22-13-18-14(2)23-20(26-18)16-5-4-10-21-12-16/h4-10,12H,3,11,13H2,1-2H3,(H,22,24). The minimum atomic E-state index is -0.00936. The Morgan fingerprint density at radius 2 is 2.04 bits per heavy atom. The number of thiazole rings is 1. The maximum absolute atomic E-state index is 12.2. The number of hydrogen-bond acceptors (Lipinski definition) is 5. The van der Waals surface area contributed by atoms with Gasteiger partial charge in [-0.05, 0) is 43.7 Å². The number of pyridine rings is 1. The van der Waals surface area contributed by atoms with Crippen LogP contribution in [0, 0.1) is 6.92 Å². The maximum atomic E-state index is 12.2. The van der Waals surface area contributed by atoms with Crippen LogP contribution in [-0.2, 0) is 17.8 Å². The Labute approximate surface area is 157 Å². The lowest BCUT2D eigenvalue weighted by Gasteiger charge is -2.06. The molecule has 0 unspecified atom stereocenters. The van der Waals surface area contributed by atoms with Crippen molar-refractivity contribution in [3.05, 3.63) is 64.9 Å². The van der Waals surface area contributed by atoms with Gasteiger partial charge in [-0.2, -0.15) is 0 Å². The van der Waals surface area contributed by atoms with Crippen LogP contribution in [0.4, 0.5) is 0 Å². The molecule has 0 fully saturated rings. The van der Waals surface area contributed by atoms with Gasteiger partial charge in [-0.1, -0.05) is 12.1 Å². The lowest BCUT2D eigenvalue weighted by atomic mass is 10.1. The molecule has 1 amide bonds. The first-order valence-corrected chi connectivity index (χ1v) is 9.32. The van der Waals surface area contributed by atoms with Gasteiger partial charge in [0.15, 0.2) is 0 Å². The van der Waals surface area contributed by atoms with Gasteiger partial charge in [-0.3, -0.25) is 9.78 Å². The molecule has 1 aromatic carbocycles. The van der Waals surface area contributed by atoms with Crippen LogP contribution >= 0.6 is 11.3 Å². The van der Waals surface area contributed by atoms with E-state index in [4.69, 9.17) is 4.74 Å². The predicted molar refractivity (Wildman–Crippen MR) is 103 cm³/mol. The number of aromatic nitrogens is 2. The van der Waals surface area contributed by atoms with Gasteiger partial charge in [0.25, 0.3) is 0 Å². The first kappa shape index (κ1) is 18.1. The van der Waals surface area contributed by atoms with Crippen LogP contribution in [0.1, 0.15) is 23.1 Å². The minimum absolute atomic E-state index is 0.00936. The largest absolute Gasteiger partial charge is 0.494 e. The van der Waals surface area contributed by atoms with Crippen molar-refractivity contribution in [2.45, 2.75) is 26.8 Å². The molecule has 2 heterocycles. The molecule has 5 nitrogen and oxygen atoms in total. The average Bonchev–Trinajstić information content (AvgIpc) is 3.03. The van der Waals surface area contributed by atoms with E-state index in [1.54, 1.807) is 23.7 Å². The summed E-state index contributed by atoms with van der Waals surface area (Å²) in [6.45, 7) is 5.03. The van der Waals surface area contributed by atoms with E-state index in [-0.39, 0.29) is 5.91 Å². The molecule has 0 aliphatic carbocycles. The zero-order chi connectivity index (χ0) is 18.4. The summed E-state index contributed by atoms with van der Waals surface area (Å²) in [6, 6.07) is 11.5. The van der Waals surface area contributed by atoms with Crippen molar-refractivity contribution in [3.8, 4) is 16.3 Å². The Kier molecular flexibility index (Phi) is 5.96. The van der Waals surface area contributed by atoms with Gasteiger partial charge >= 0.3 is 0 Å². The molecule has 0 radical (unpaired) electrons. The monoisotopic (exact) mass is 367 g/mol. The molecule has 6 heteroatoms. The fourth-order valence-corrected chi connectivity index (χ4v) is 3.49. The van der Waals surface area contributed by atoms with E-state index in [1.165, 1.54) is 0 Å². The third-order valence-electron chi connectivity index (χ3n) is 3.85. The SMILES string of the molecule is CCOc1ccc(CC(=O)NCc2sc(-c3cccnc3)nc2C)cc1. The van der Waals surface area contributed by atoms with Gasteiger partial charge in [0.2, 0.25) is 5.91 Å². The van der Waals surface area contributed by atoms with E-state index in [0.717, 1.165) is 32.5 Å². The van der Waals surface area contributed by atoms with Gasteiger partial charge in [0.1, 0.15) is 10.8 Å². The highest BCUT2D eigenvalue weighted by Crippen LogP contribution is 2.27. The van der Waals surface area contributed by atoms with Crippen LogP contribution in [0.5, 0.6) is 5.75 Å². The quantitative estimate of drug-likeness (QED) is 0.690. The summed E-state index contributed by atoms with van der Waals surface area (Å²) in [4.78, 5) is 22.0. The number of nitrogens with zero attached hydrogens (tertiary/aromatic N) is 2. The highest BCUT2D eigenvalue weighted by atomic mass is 32.1. The fraction of sp³-hybridized carbons (Fsp3) is 0.250. The van der Waals surface area contributed by atoms with E-state index >= 15 is 0 Å². The molecule has 0 spiro atoms. The highest BCUT2D eigenvalue weighted by Gasteiger charge is 2.11. The summed E-state index contributed by atoms with van der Waals surface area (Å²) < 4.78 is 5.41. The number of benzene rings is 1. The normalized spacial score (nSPS) is 10.5. The first-order chi connectivity index (χ1) is 12.7. The van der Waals surface area contributed by atoms with Crippen molar-refractivity contribution >= 4 is 17.2 Å². The van der Waals surface area contributed by atoms with Crippen LogP contribution in [0.25, 0.3) is 10.6 Å². The summed E-state index contributed by atoms with van der Waals surface area (Å²) in [5.74, 6) is 0.810. The van der Waals surface area contributed by atoms with Crippen LogP contribution in [0.3, 0.4) is 0 Å². The number of carbonyl (C=O) groups excluding carboxylic acids is 1. The van der Waals surface area contributed by atoms with E-state index in [0.29, 0.717) is 19.6 Å². The van der Waals surface area contributed by atoms with Gasteiger partial charge in [0.05, 0.1) is 25.3 Å². The molecule has 1 N–H and O–H groups in total. The molecule has 0 bridgehead atoms. The number of hydrogen-bond donors (Lipinski definition) is 1. The van der Waals surface area contributed by atoms with E-state index < -0.39 is 0 Å². The molecule has 2 aromatic heterocycles. The Morgan fingerprint density at radius 1 is 1.23 bits per heavy atom. The summed E-state index contributed by atoms with van der Waals surface area (Å²) in [7, 11) is 0. The van der Waals surface area contributed by atoms with Gasteiger partial charge in [-0.25, -0.2) is 4.98 Å². The molecule has 0 saturated heterocycles. The van der Waals surface area contributed by atoms with Crippen molar-refractivity contribution < 1.29 is 9.53 Å². The van der Waals surface area contributed by atoms with Crippen molar-refractivity contribution in [1.82, 2.24) is 15.3 Å². The predicted octanol–water partition coefficient (Wildman–Crippen LogP) is 3.77. The van der Waals surface area contributed by atoms with Gasteiger partial charge < -0.3 is 10.1 Å². The van der Waals surface area contributed by atoms with Crippen molar-refractivity contribution in [2.75, 3.05) is 6.61 Å². The zero-order valence-electron chi connectivity index (χ0n) is 14.9. The molecule has 0 aliphatic heterocycles. The topological polar surface area (TPSA) is 64.1 Å². The Bertz CT molecular complexity index is 861. The molecule has 134 valence electrons. The Morgan fingerprint density at radius 3 is 2.73 bits per heavy atom. The lowest BCUT2D eigenvalue weighted by molar-refractivity contribution is -0.120. The van der Waals surface area contributed by atoms with Crippen LogP contribution in [-0.4, -0.2) is 22.5 Å². The number of carbonyl (C=O) groups is 1. The van der Waals surface area contributed by atoms with E-state index in [1.807, 2.05) is 50.2 Å². The second kappa shape index (κ2) is 8.58. The highest BCUT2D eigenvalue weighted by molar-refractivity contribution is 7.15. The minimum Gasteiger partial charge on any atom is -0.494 e. The van der Waals surface area contributed by atoms with Gasteiger partial charge in [0, 0.05) is 22.8 Å². The number of nitrogens with one attached hydrogen (secondary N) is 1. The average molecular weight is 367 g/mol. The number of amides is 1. The van der Waals surface area contributed by atoms with Crippen molar-refractivity contribution in [2.24, 2.45) is 0 Å². The Balaban J connectivity index is 1.57. The van der Waals surface area contributed by atoms with E-state index in [9.17, 15) is 4.79 Å². The molecule has 3 rings (SSSR count). The first-order valence-electron chi connectivity index (χ1n) is 8.51. The smallest absolute Gasteiger partial charge is 0.224 e. The van der Waals surface area contributed by atoms with Crippen LogP contribution in [0.2, 0.25) is 0 Å². The third-order valence-corrected chi connectivity index (χ3v) is 5.05. The fourth-order valence-electron chi connectivity index (χ4n) is 2.50. The maximum Gasteiger partial charge on any atom is 0.224 e. The molecule has 0 saturated carbocycles. The molecule has 3 aromatic rings. The van der Waals surface area contributed by atoms with E-state index in [2.05, 4.69) is 15.3 Å². The number of ether oxygens (including phenoxy) is 1. The van der Waals surface area contributed by atoms with Crippen LogP contribution in [0.15, 0.2) is 48.8 Å². The van der Waals surface area contributed by atoms with Gasteiger partial charge in [-0.15, -0.1) is 11.3 Å². The number of rotatable bonds is 7. The molecular formula is C20H21N3O2S. The molecule has 0 atom stereocenters. The molecular weight excluding hydrogens is 346 g/mol. The van der Waals surface area contributed by atoms with Crippen molar-refractivity contribution in [1.29, 1.82) is 0 Å². The summed E-state index contributed by atoms with van der Waals surface area (Å²) in [5.41, 5.74) is 2.89. The Hall–Kier alpha value is -2.73. The summed E-state index contributed by atoms with van der Waals surface area (Å²) in [5, 5.41) is 3.90.